The van der Waals surface area contributed by atoms with E-state index in [2.05, 4.69) is 50.5 Å². The van der Waals surface area contributed by atoms with Crippen LogP contribution in [0.15, 0.2) is 65.6 Å². The molecule has 41 heavy (non-hydrogen) atoms. The van der Waals surface area contributed by atoms with Crippen molar-refractivity contribution >= 4 is 91.4 Å². The summed E-state index contributed by atoms with van der Waals surface area (Å²) in [5.41, 5.74) is 0.240. The standard InChI is InChI=1S/C26H16F3I2N3O6S/c27-26(28,29)16-2-1-3-17(11-16)32-22(35)12-33-24(36)21(41-25(33)37)10-15-8-19(30)23(20(31)9-15)40-13-14-4-6-18(7-5-14)34(38)39/h1-11H,12-13H2,(H,32,35)/b21-10-. The van der Waals surface area contributed by atoms with E-state index in [0.29, 0.717) is 30.2 Å². The molecule has 0 aliphatic carbocycles. The Kier molecular flexibility index (Phi) is 9.58. The van der Waals surface area contributed by atoms with Gasteiger partial charge in [-0.2, -0.15) is 13.2 Å². The predicted octanol–water partition coefficient (Wildman–Crippen LogP) is 7.08. The minimum atomic E-state index is -4.59. The van der Waals surface area contributed by atoms with Crippen LogP contribution in [0.5, 0.6) is 5.75 Å². The molecule has 1 N–H and O–H groups in total. The van der Waals surface area contributed by atoms with E-state index in [4.69, 9.17) is 4.74 Å². The molecule has 0 unspecified atom stereocenters. The maximum absolute atomic E-state index is 12.9. The number of nitro benzene ring substituents is 1. The van der Waals surface area contributed by atoms with E-state index in [1.807, 2.05) is 0 Å². The Morgan fingerprint density at radius 3 is 2.34 bits per heavy atom. The van der Waals surface area contributed by atoms with Gasteiger partial charge in [-0.1, -0.05) is 6.07 Å². The summed E-state index contributed by atoms with van der Waals surface area (Å²) in [6.45, 7) is -0.493. The molecule has 0 aromatic heterocycles. The van der Waals surface area contributed by atoms with Gasteiger partial charge in [0, 0.05) is 17.8 Å². The lowest BCUT2D eigenvalue weighted by atomic mass is 10.2. The van der Waals surface area contributed by atoms with E-state index in [-0.39, 0.29) is 22.9 Å². The third-order valence-electron chi connectivity index (χ3n) is 5.50. The van der Waals surface area contributed by atoms with Gasteiger partial charge >= 0.3 is 6.18 Å². The average molecular weight is 809 g/mol. The van der Waals surface area contributed by atoms with Crippen LogP contribution in [0.25, 0.3) is 6.08 Å². The zero-order valence-corrected chi connectivity index (χ0v) is 25.5. The zero-order chi connectivity index (χ0) is 29.9. The molecule has 0 bridgehead atoms. The van der Waals surface area contributed by atoms with Crippen LogP contribution in [0.4, 0.5) is 29.3 Å². The van der Waals surface area contributed by atoms with Crippen LogP contribution in [-0.4, -0.2) is 33.4 Å². The Hall–Kier alpha value is -3.19. The lowest BCUT2D eigenvalue weighted by molar-refractivity contribution is -0.384. The monoisotopic (exact) mass is 809 g/mol. The van der Waals surface area contributed by atoms with Gasteiger partial charge in [-0.05, 0) is 117 Å². The first kappa shape index (κ1) is 30.8. The highest BCUT2D eigenvalue weighted by Crippen LogP contribution is 2.35. The van der Waals surface area contributed by atoms with Gasteiger partial charge in [0.15, 0.2) is 0 Å². The van der Waals surface area contributed by atoms with Gasteiger partial charge in [0.2, 0.25) is 5.91 Å². The second-order valence-electron chi connectivity index (χ2n) is 8.42. The topological polar surface area (TPSA) is 119 Å². The number of carbonyl (C=O) groups excluding carboxylic acids is 3. The predicted molar refractivity (Wildman–Crippen MR) is 162 cm³/mol. The second-order valence-corrected chi connectivity index (χ2v) is 11.7. The lowest BCUT2D eigenvalue weighted by Crippen LogP contribution is -2.36. The van der Waals surface area contributed by atoms with Crippen LogP contribution in [0.3, 0.4) is 0 Å². The molecule has 0 atom stereocenters. The first-order valence-corrected chi connectivity index (χ1v) is 14.4. The average Bonchev–Trinajstić information content (AvgIpc) is 3.15. The summed E-state index contributed by atoms with van der Waals surface area (Å²) in [6.07, 6.45) is -3.09. The van der Waals surface area contributed by atoms with Crippen LogP contribution in [0.1, 0.15) is 16.7 Å². The maximum Gasteiger partial charge on any atom is 0.416 e. The molecule has 3 aromatic rings. The number of non-ortho nitro benzene ring substituents is 1. The number of nitrogens with zero attached hydrogens (tertiary/aromatic N) is 2. The first-order valence-electron chi connectivity index (χ1n) is 11.4. The number of halogens is 5. The van der Waals surface area contributed by atoms with Gasteiger partial charge in [0.25, 0.3) is 16.8 Å². The molecule has 1 aliphatic heterocycles. The largest absolute Gasteiger partial charge is 0.487 e. The number of carbonyl (C=O) groups is 3. The van der Waals surface area contributed by atoms with Crippen molar-refractivity contribution in [1.29, 1.82) is 0 Å². The number of alkyl halides is 3. The van der Waals surface area contributed by atoms with Crippen LogP contribution < -0.4 is 10.1 Å². The molecule has 15 heteroatoms. The SMILES string of the molecule is O=C(CN1C(=O)S/C(=C\c2cc(I)c(OCc3ccc([N+](=O)[O-])cc3)c(I)c2)C1=O)Nc1cccc(C(F)(F)F)c1. The quantitative estimate of drug-likeness (QED) is 0.112. The fraction of sp³-hybridized carbons (Fsp3) is 0.115. The minimum Gasteiger partial charge on any atom is -0.487 e. The number of amides is 3. The van der Waals surface area contributed by atoms with Gasteiger partial charge in [-0.15, -0.1) is 0 Å². The highest BCUT2D eigenvalue weighted by molar-refractivity contribution is 14.1. The summed E-state index contributed by atoms with van der Waals surface area (Å²) in [4.78, 5) is 48.9. The molecule has 9 nitrogen and oxygen atoms in total. The molecule has 0 radical (unpaired) electrons. The fourth-order valence-electron chi connectivity index (χ4n) is 3.58. The molecule has 0 spiro atoms. The van der Waals surface area contributed by atoms with Crippen LogP contribution in [0.2, 0.25) is 0 Å². The second kappa shape index (κ2) is 12.8. The number of nitro groups is 1. The van der Waals surface area contributed by atoms with E-state index in [9.17, 15) is 37.7 Å². The fourth-order valence-corrected chi connectivity index (χ4v) is 6.54. The van der Waals surface area contributed by atoms with Crippen molar-refractivity contribution in [2.75, 3.05) is 11.9 Å². The summed E-state index contributed by atoms with van der Waals surface area (Å²) >= 11 is 4.77. The number of benzene rings is 3. The zero-order valence-electron chi connectivity index (χ0n) is 20.4. The van der Waals surface area contributed by atoms with Crippen molar-refractivity contribution in [1.82, 2.24) is 4.90 Å². The molecular formula is C26H16F3I2N3O6S. The molecule has 0 saturated carbocycles. The Balaban J connectivity index is 1.42. The Morgan fingerprint density at radius 1 is 1.07 bits per heavy atom. The number of rotatable bonds is 8. The van der Waals surface area contributed by atoms with E-state index in [0.717, 1.165) is 28.7 Å². The molecule has 1 saturated heterocycles. The van der Waals surface area contributed by atoms with Crippen molar-refractivity contribution in [3.8, 4) is 5.75 Å². The minimum absolute atomic E-state index is 0.0250. The summed E-state index contributed by atoms with van der Waals surface area (Å²) in [7, 11) is 0. The molecule has 4 rings (SSSR count). The van der Waals surface area contributed by atoms with Crippen LogP contribution in [0, 0.1) is 17.3 Å². The molecule has 3 amide bonds. The number of nitrogens with one attached hydrogen (secondary N) is 1. The third kappa shape index (κ3) is 7.76. The number of thioether (sulfide) groups is 1. The molecule has 1 heterocycles. The maximum atomic E-state index is 12.9. The Bertz CT molecular complexity index is 1560. The van der Waals surface area contributed by atoms with Crippen molar-refractivity contribution in [3.63, 3.8) is 0 Å². The highest BCUT2D eigenvalue weighted by Gasteiger charge is 2.36. The normalized spacial score (nSPS) is 14.5. The summed E-state index contributed by atoms with van der Waals surface area (Å²) in [5.74, 6) is -0.963. The number of ether oxygens (including phenoxy) is 1. The lowest BCUT2D eigenvalue weighted by Gasteiger charge is -2.13. The number of anilines is 1. The van der Waals surface area contributed by atoms with Gasteiger partial charge in [-0.25, -0.2) is 0 Å². The molecule has 3 aromatic carbocycles. The number of hydrogen-bond donors (Lipinski definition) is 1. The van der Waals surface area contributed by atoms with Gasteiger partial charge in [-0.3, -0.25) is 29.4 Å². The van der Waals surface area contributed by atoms with Gasteiger partial charge in [0.05, 0.1) is 22.5 Å². The summed E-state index contributed by atoms with van der Waals surface area (Å²) in [5, 5.41) is 12.4. The van der Waals surface area contributed by atoms with E-state index < -0.39 is 40.3 Å². The Labute approximate surface area is 261 Å². The highest BCUT2D eigenvalue weighted by atomic mass is 127. The van der Waals surface area contributed by atoms with E-state index in [1.165, 1.54) is 24.3 Å². The van der Waals surface area contributed by atoms with Crippen molar-refractivity contribution in [2.45, 2.75) is 12.8 Å². The summed E-state index contributed by atoms with van der Waals surface area (Å²) in [6, 6.07) is 13.5. The third-order valence-corrected chi connectivity index (χ3v) is 8.01. The van der Waals surface area contributed by atoms with Crippen LogP contribution in [-0.2, 0) is 22.4 Å². The smallest absolute Gasteiger partial charge is 0.416 e. The Morgan fingerprint density at radius 2 is 1.73 bits per heavy atom. The van der Waals surface area contributed by atoms with Crippen molar-refractivity contribution in [2.24, 2.45) is 0 Å². The summed E-state index contributed by atoms with van der Waals surface area (Å²) < 4.78 is 46.1. The first-order chi connectivity index (χ1) is 19.3. The van der Waals surface area contributed by atoms with Crippen molar-refractivity contribution < 1.29 is 37.2 Å². The van der Waals surface area contributed by atoms with Gasteiger partial charge in [0.1, 0.15) is 18.9 Å². The molecular weight excluding hydrogens is 793 g/mol. The number of imide groups is 1. The molecule has 212 valence electrons. The number of hydrogen-bond acceptors (Lipinski definition) is 7. The van der Waals surface area contributed by atoms with E-state index >= 15 is 0 Å². The van der Waals surface area contributed by atoms with Crippen molar-refractivity contribution in [3.05, 3.63) is 99.5 Å². The molecule has 1 aliphatic rings. The van der Waals surface area contributed by atoms with Gasteiger partial charge < -0.3 is 10.1 Å². The van der Waals surface area contributed by atoms with E-state index in [1.54, 1.807) is 24.3 Å². The molecule has 1 fully saturated rings. The van der Waals surface area contributed by atoms with Crippen LogP contribution >= 0.6 is 56.9 Å².